The highest BCUT2D eigenvalue weighted by molar-refractivity contribution is 7.15. The molecule has 0 atom stereocenters. The first-order chi connectivity index (χ1) is 11.1. The second-order valence-electron chi connectivity index (χ2n) is 4.37. The molecule has 2 aromatic rings. The molecule has 122 valence electrons. The SMILES string of the molecule is CON=C(C)C(=NOC)c1ccc(OCc2cnc(Cl)s2)cc1. The zero-order valence-electron chi connectivity index (χ0n) is 12.9. The van der Waals surface area contributed by atoms with Gasteiger partial charge in [0, 0.05) is 11.8 Å². The third-order valence-corrected chi connectivity index (χ3v) is 3.88. The molecule has 0 aliphatic rings. The molecule has 0 amide bonds. The van der Waals surface area contributed by atoms with Crippen molar-refractivity contribution in [1.29, 1.82) is 0 Å². The van der Waals surface area contributed by atoms with Crippen molar-refractivity contribution in [2.24, 2.45) is 10.3 Å². The van der Waals surface area contributed by atoms with E-state index in [0.29, 0.717) is 22.5 Å². The lowest BCUT2D eigenvalue weighted by atomic mass is 10.1. The van der Waals surface area contributed by atoms with Crippen LogP contribution in [0.2, 0.25) is 4.47 Å². The normalized spacial score (nSPS) is 12.2. The van der Waals surface area contributed by atoms with Crippen LogP contribution in [0, 0.1) is 0 Å². The van der Waals surface area contributed by atoms with Gasteiger partial charge in [-0.15, -0.1) is 11.3 Å². The number of rotatable bonds is 7. The molecule has 1 aromatic heterocycles. The maximum absolute atomic E-state index is 5.79. The van der Waals surface area contributed by atoms with Crippen LogP contribution in [-0.2, 0) is 16.3 Å². The fraction of sp³-hybridized carbons (Fsp3) is 0.267. The zero-order chi connectivity index (χ0) is 16.7. The van der Waals surface area contributed by atoms with E-state index in [1.807, 2.05) is 24.3 Å². The molecule has 0 saturated heterocycles. The number of ether oxygens (including phenoxy) is 1. The maximum atomic E-state index is 5.79. The van der Waals surface area contributed by atoms with Gasteiger partial charge < -0.3 is 14.4 Å². The maximum Gasteiger partial charge on any atom is 0.183 e. The molecule has 8 heteroatoms. The van der Waals surface area contributed by atoms with E-state index in [1.165, 1.54) is 25.6 Å². The number of nitrogens with zero attached hydrogens (tertiary/aromatic N) is 3. The Labute approximate surface area is 143 Å². The van der Waals surface area contributed by atoms with E-state index in [9.17, 15) is 0 Å². The quantitative estimate of drug-likeness (QED) is 0.561. The van der Waals surface area contributed by atoms with Gasteiger partial charge in [-0.1, -0.05) is 21.9 Å². The lowest BCUT2D eigenvalue weighted by molar-refractivity contribution is 0.210. The number of hydrogen-bond donors (Lipinski definition) is 0. The van der Waals surface area contributed by atoms with Crippen LogP contribution in [0.15, 0.2) is 40.8 Å². The van der Waals surface area contributed by atoms with Gasteiger partial charge in [-0.2, -0.15) is 0 Å². The van der Waals surface area contributed by atoms with Gasteiger partial charge >= 0.3 is 0 Å². The summed E-state index contributed by atoms with van der Waals surface area (Å²) in [6.45, 7) is 2.21. The lowest BCUT2D eigenvalue weighted by Gasteiger charge is -2.07. The largest absolute Gasteiger partial charge is 0.488 e. The summed E-state index contributed by atoms with van der Waals surface area (Å²) in [4.78, 5) is 14.6. The first-order valence-electron chi connectivity index (χ1n) is 6.66. The van der Waals surface area contributed by atoms with Crippen LogP contribution < -0.4 is 4.74 Å². The summed E-state index contributed by atoms with van der Waals surface area (Å²) in [5, 5.41) is 7.86. The van der Waals surface area contributed by atoms with Crippen molar-refractivity contribution < 1.29 is 14.4 Å². The van der Waals surface area contributed by atoms with Gasteiger partial charge in [0.05, 0.1) is 4.88 Å². The third-order valence-electron chi connectivity index (χ3n) is 2.79. The van der Waals surface area contributed by atoms with Crippen molar-refractivity contribution in [3.8, 4) is 5.75 Å². The van der Waals surface area contributed by atoms with Crippen molar-refractivity contribution in [1.82, 2.24) is 4.98 Å². The zero-order valence-corrected chi connectivity index (χ0v) is 14.5. The molecule has 0 saturated carbocycles. The van der Waals surface area contributed by atoms with Crippen LogP contribution >= 0.6 is 22.9 Å². The minimum absolute atomic E-state index is 0.424. The first-order valence-corrected chi connectivity index (χ1v) is 7.86. The number of halogens is 1. The predicted octanol–water partition coefficient (Wildman–Crippen LogP) is 3.75. The van der Waals surface area contributed by atoms with Crippen molar-refractivity contribution in [3.05, 3.63) is 45.4 Å². The van der Waals surface area contributed by atoms with E-state index in [2.05, 4.69) is 15.3 Å². The minimum atomic E-state index is 0.424. The molecule has 6 nitrogen and oxygen atoms in total. The number of benzene rings is 1. The average Bonchev–Trinajstić information content (AvgIpc) is 2.97. The smallest absolute Gasteiger partial charge is 0.183 e. The van der Waals surface area contributed by atoms with E-state index in [1.54, 1.807) is 13.1 Å². The third kappa shape index (κ3) is 4.94. The molecule has 23 heavy (non-hydrogen) atoms. The molecule has 1 aromatic carbocycles. The van der Waals surface area contributed by atoms with Crippen molar-refractivity contribution >= 4 is 34.4 Å². The highest BCUT2D eigenvalue weighted by Gasteiger charge is 2.10. The molecule has 0 aliphatic heterocycles. The number of hydrogen-bond acceptors (Lipinski definition) is 7. The van der Waals surface area contributed by atoms with Crippen LogP contribution in [-0.4, -0.2) is 30.6 Å². The van der Waals surface area contributed by atoms with Crippen LogP contribution in [0.25, 0.3) is 0 Å². The fourth-order valence-corrected chi connectivity index (χ4v) is 2.70. The van der Waals surface area contributed by atoms with Crippen LogP contribution in [0.4, 0.5) is 0 Å². The van der Waals surface area contributed by atoms with Crippen LogP contribution in [0.1, 0.15) is 17.4 Å². The van der Waals surface area contributed by atoms with Gasteiger partial charge in [-0.3, -0.25) is 0 Å². The molecule has 2 rings (SSSR count). The Balaban J connectivity index is 2.08. The van der Waals surface area contributed by atoms with Gasteiger partial charge in [-0.05, 0) is 31.2 Å². The summed E-state index contributed by atoms with van der Waals surface area (Å²) in [7, 11) is 2.97. The molecule has 0 N–H and O–H groups in total. The Bertz CT molecular complexity index is 698. The molecular formula is C15H16ClN3O3S. The van der Waals surface area contributed by atoms with E-state index in [0.717, 1.165) is 16.2 Å². The van der Waals surface area contributed by atoms with Gasteiger partial charge in [-0.25, -0.2) is 4.98 Å². The second kappa shape index (κ2) is 8.50. The van der Waals surface area contributed by atoms with Crippen molar-refractivity contribution in [2.45, 2.75) is 13.5 Å². The summed E-state index contributed by atoms with van der Waals surface area (Å²) in [5.41, 5.74) is 2.05. The Morgan fingerprint density at radius 3 is 2.43 bits per heavy atom. The molecule has 0 fully saturated rings. The minimum Gasteiger partial charge on any atom is -0.488 e. The summed E-state index contributed by atoms with van der Waals surface area (Å²) in [6, 6.07) is 7.45. The van der Waals surface area contributed by atoms with E-state index in [-0.39, 0.29) is 0 Å². The van der Waals surface area contributed by atoms with Gasteiger partial charge in [0.15, 0.2) is 4.47 Å². The van der Waals surface area contributed by atoms with Crippen LogP contribution in [0.5, 0.6) is 5.75 Å². The summed E-state index contributed by atoms with van der Waals surface area (Å²) in [5.74, 6) is 0.733. The summed E-state index contributed by atoms with van der Waals surface area (Å²) < 4.78 is 6.20. The molecule has 1 heterocycles. The van der Waals surface area contributed by atoms with Gasteiger partial charge in [0.25, 0.3) is 0 Å². The van der Waals surface area contributed by atoms with Crippen molar-refractivity contribution in [3.63, 3.8) is 0 Å². The molecule has 0 aliphatic carbocycles. The fourth-order valence-electron chi connectivity index (χ4n) is 1.81. The lowest BCUT2D eigenvalue weighted by Crippen LogP contribution is -2.13. The Morgan fingerprint density at radius 2 is 1.87 bits per heavy atom. The number of thiazole rings is 1. The number of oxime groups is 2. The molecule has 0 unspecified atom stereocenters. The molecule has 0 radical (unpaired) electrons. The van der Waals surface area contributed by atoms with Gasteiger partial charge in [0.2, 0.25) is 0 Å². The first kappa shape index (κ1) is 17.2. The second-order valence-corrected chi connectivity index (χ2v) is 6.07. The van der Waals surface area contributed by atoms with Gasteiger partial charge in [0.1, 0.15) is 38.0 Å². The highest BCUT2D eigenvalue weighted by Crippen LogP contribution is 2.20. The molecule has 0 bridgehead atoms. The molecular weight excluding hydrogens is 338 g/mol. The van der Waals surface area contributed by atoms with E-state index >= 15 is 0 Å². The van der Waals surface area contributed by atoms with E-state index in [4.69, 9.17) is 26.0 Å². The predicted molar refractivity (Wildman–Crippen MR) is 91.6 cm³/mol. The van der Waals surface area contributed by atoms with E-state index < -0.39 is 0 Å². The Morgan fingerprint density at radius 1 is 1.17 bits per heavy atom. The Kier molecular flexibility index (Phi) is 6.37. The standard InChI is InChI=1S/C15H16ClN3O3S/c1-10(18-20-2)14(19-21-3)11-4-6-12(7-5-11)22-9-13-8-17-15(16)23-13/h4-8H,9H2,1-3H3. The highest BCUT2D eigenvalue weighted by atomic mass is 35.5. The summed E-state index contributed by atoms with van der Waals surface area (Å²) in [6.07, 6.45) is 1.70. The molecule has 0 spiro atoms. The summed E-state index contributed by atoms with van der Waals surface area (Å²) >= 11 is 7.18. The number of aromatic nitrogens is 1. The topological polar surface area (TPSA) is 65.3 Å². The van der Waals surface area contributed by atoms with Crippen molar-refractivity contribution in [2.75, 3.05) is 14.2 Å². The van der Waals surface area contributed by atoms with Crippen LogP contribution in [0.3, 0.4) is 0 Å². The average molecular weight is 354 g/mol. The monoisotopic (exact) mass is 353 g/mol. The Hall–Kier alpha value is -2.12.